The van der Waals surface area contributed by atoms with Crippen LogP contribution in [0.4, 0.5) is 5.69 Å². The molecule has 0 atom stereocenters. The fourth-order valence-electron chi connectivity index (χ4n) is 2.15. The van der Waals surface area contributed by atoms with Crippen molar-refractivity contribution in [2.24, 2.45) is 0 Å². The van der Waals surface area contributed by atoms with Crippen molar-refractivity contribution in [3.05, 3.63) is 72.2 Å². The summed E-state index contributed by atoms with van der Waals surface area (Å²) >= 11 is 0. The third-order valence-electron chi connectivity index (χ3n) is 3.40. The Morgan fingerprint density at radius 3 is 2.32 bits per heavy atom. The molecule has 3 aromatic rings. The van der Waals surface area contributed by atoms with Crippen molar-refractivity contribution in [3.63, 3.8) is 0 Å². The van der Waals surface area contributed by atoms with Crippen molar-refractivity contribution in [3.8, 4) is 11.3 Å². The summed E-state index contributed by atoms with van der Waals surface area (Å²) in [5.41, 5.74) is 2.56. The zero-order chi connectivity index (χ0) is 15.5. The number of carbonyl (C=O) groups is 1. The minimum absolute atomic E-state index is 0.109. The molecule has 1 aromatic heterocycles. The Bertz CT molecular complexity index is 774. The van der Waals surface area contributed by atoms with Crippen molar-refractivity contribution >= 4 is 11.5 Å². The highest BCUT2D eigenvalue weighted by Crippen LogP contribution is 2.24. The largest absolute Gasteiger partial charge is 0.433 e. The van der Waals surface area contributed by atoms with Gasteiger partial charge >= 0.3 is 0 Å². The molecule has 0 spiro atoms. The second kappa shape index (κ2) is 5.85. The van der Waals surface area contributed by atoms with Gasteiger partial charge in [0, 0.05) is 30.9 Å². The summed E-state index contributed by atoms with van der Waals surface area (Å²) in [7, 11) is 3.97. The monoisotopic (exact) mass is 292 g/mol. The number of nitrogens with zero attached hydrogens (tertiary/aromatic N) is 2. The minimum Gasteiger partial charge on any atom is -0.433 e. The van der Waals surface area contributed by atoms with E-state index in [1.807, 2.05) is 61.5 Å². The van der Waals surface area contributed by atoms with Crippen LogP contribution in [0.25, 0.3) is 11.3 Å². The summed E-state index contributed by atoms with van der Waals surface area (Å²) in [5, 5.41) is 0. The van der Waals surface area contributed by atoms with Crippen LogP contribution in [0.3, 0.4) is 0 Å². The van der Waals surface area contributed by atoms with E-state index in [2.05, 4.69) is 4.98 Å². The van der Waals surface area contributed by atoms with Crippen LogP contribution in [-0.4, -0.2) is 24.9 Å². The predicted molar refractivity (Wildman–Crippen MR) is 86.1 cm³/mol. The lowest BCUT2D eigenvalue weighted by Gasteiger charge is -2.11. The minimum atomic E-state index is -0.211. The molecule has 0 saturated carbocycles. The second-order valence-electron chi connectivity index (χ2n) is 5.17. The number of oxazole rings is 1. The number of rotatable bonds is 4. The number of hydrogen-bond donors (Lipinski definition) is 0. The second-order valence-corrected chi connectivity index (χ2v) is 5.17. The van der Waals surface area contributed by atoms with Crippen molar-refractivity contribution in [1.29, 1.82) is 0 Å². The van der Waals surface area contributed by atoms with Gasteiger partial charge in [-0.05, 0) is 24.3 Å². The molecule has 0 amide bonds. The van der Waals surface area contributed by atoms with Gasteiger partial charge in [0.1, 0.15) is 0 Å². The van der Waals surface area contributed by atoms with E-state index < -0.39 is 0 Å². The van der Waals surface area contributed by atoms with Gasteiger partial charge in [0.25, 0.3) is 5.89 Å². The number of hydrogen-bond acceptors (Lipinski definition) is 4. The molecule has 110 valence electrons. The van der Waals surface area contributed by atoms with Crippen molar-refractivity contribution in [2.45, 2.75) is 0 Å². The van der Waals surface area contributed by atoms with Gasteiger partial charge in [0.2, 0.25) is 5.78 Å². The van der Waals surface area contributed by atoms with Crippen LogP contribution >= 0.6 is 0 Å². The number of carbonyl (C=O) groups excluding carboxylic acids is 1. The van der Waals surface area contributed by atoms with Crippen LogP contribution in [0.2, 0.25) is 0 Å². The first-order valence-corrected chi connectivity index (χ1v) is 6.98. The average Bonchev–Trinajstić information content (AvgIpc) is 3.05. The van der Waals surface area contributed by atoms with E-state index in [0.29, 0.717) is 11.3 Å². The zero-order valence-corrected chi connectivity index (χ0v) is 12.5. The fraction of sp³-hybridized carbons (Fsp3) is 0.111. The van der Waals surface area contributed by atoms with Gasteiger partial charge in [-0.15, -0.1) is 0 Å². The lowest BCUT2D eigenvalue weighted by molar-refractivity contribution is 0.100. The van der Waals surface area contributed by atoms with E-state index in [0.717, 1.165) is 11.3 Å². The van der Waals surface area contributed by atoms with Gasteiger partial charge in [-0.1, -0.05) is 30.3 Å². The molecule has 0 aliphatic rings. The Balaban J connectivity index is 1.86. The van der Waals surface area contributed by atoms with E-state index in [4.69, 9.17) is 4.42 Å². The Labute approximate surface area is 129 Å². The molecule has 4 heteroatoms. The molecular formula is C18H16N2O2. The highest BCUT2D eigenvalue weighted by atomic mass is 16.4. The van der Waals surface area contributed by atoms with Gasteiger partial charge in [-0.25, -0.2) is 4.98 Å². The van der Waals surface area contributed by atoms with E-state index in [1.165, 1.54) is 0 Å². The molecule has 0 radical (unpaired) electrons. The summed E-state index contributed by atoms with van der Waals surface area (Å²) < 4.78 is 5.61. The van der Waals surface area contributed by atoms with E-state index >= 15 is 0 Å². The lowest BCUT2D eigenvalue weighted by Crippen LogP contribution is -2.07. The number of benzene rings is 2. The highest BCUT2D eigenvalue weighted by molar-refractivity contribution is 6.06. The molecule has 3 rings (SSSR count). The zero-order valence-electron chi connectivity index (χ0n) is 12.5. The SMILES string of the molecule is CN(C)c1ccc(-c2cnc(C(=O)c3ccccc3)o2)cc1. The molecule has 22 heavy (non-hydrogen) atoms. The molecule has 0 N–H and O–H groups in total. The number of ketones is 1. The summed E-state index contributed by atoms with van der Waals surface area (Å²) in [4.78, 5) is 18.4. The van der Waals surface area contributed by atoms with Crippen molar-refractivity contribution < 1.29 is 9.21 Å². The Hall–Kier alpha value is -2.88. The number of anilines is 1. The quantitative estimate of drug-likeness (QED) is 0.689. The van der Waals surface area contributed by atoms with E-state index in [9.17, 15) is 4.79 Å². The Morgan fingerprint density at radius 1 is 1.00 bits per heavy atom. The van der Waals surface area contributed by atoms with E-state index in [-0.39, 0.29) is 11.7 Å². The maximum absolute atomic E-state index is 12.3. The standard InChI is InChI=1S/C18H16N2O2/c1-20(2)15-10-8-13(9-11-15)16-12-19-18(22-16)17(21)14-6-4-3-5-7-14/h3-12H,1-2H3. The first-order valence-electron chi connectivity index (χ1n) is 6.98. The van der Waals surface area contributed by atoms with Gasteiger partial charge < -0.3 is 9.32 Å². The van der Waals surface area contributed by atoms with Crippen molar-refractivity contribution in [1.82, 2.24) is 4.98 Å². The maximum atomic E-state index is 12.3. The van der Waals surface area contributed by atoms with E-state index in [1.54, 1.807) is 18.3 Å². The highest BCUT2D eigenvalue weighted by Gasteiger charge is 2.16. The topological polar surface area (TPSA) is 46.3 Å². The molecule has 0 bridgehead atoms. The maximum Gasteiger partial charge on any atom is 0.268 e. The first kappa shape index (κ1) is 14.1. The molecule has 0 fully saturated rings. The third kappa shape index (κ3) is 2.76. The molecule has 4 nitrogen and oxygen atoms in total. The summed E-state index contributed by atoms with van der Waals surface area (Å²) in [5.74, 6) is 0.485. The molecule has 0 saturated heterocycles. The molecular weight excluding hydrogens is 276 g/mol. The Morgan fingerprint density at radius 2 is 1.68 bits per heavy atom. The van der Waals surface area contributed by atoms with Gasteiger partial charge in [-0.2, -0.15) is 0 Å². The normalized spacial score (nSPS) is 10.5. The molecule has 0 aliphatic carbocycles. The van der Waals surface area contributed by atoms with Crippen LogP contribution in [0.1, 0.15) is 16.2 Å². The third-order valence-corrected chi connectivity index (χ3v) is 3.40. The molecule has 1 heterocycles. The Kier molecular flexibility index (Phi) is 3.74. The molecule has 2 aromatic carbocycles. The summed E-state index contributed by atoms with van der Waals surface area (Å²) in [6.45, 7) is 0. The average molecular weight is 292 g/mol. The summed E-state index contributed by atoms with van der Waals surface area (Å²) in [6, 6.07) is 16.9. The van der Waals surface area contributed by atoms with Crippen LogP contribution < -0.4 is 4.90 Å². The van der Waals surface area contributed by atoms with Gasteiger partial charge in [-0.3, -0.25) is 4.79 Å². The van der Waals surface area contributed by atoms with Crippen LogP contribution in [0, 0.1) is 0 Å². The predicted octanol–water partition coefficient (Wildman–Crippen LogP) is 3.64. The van der Waals surface area contributed by atoms with Crippen LogP contribution in [-0.2, 0) is 0 Å². The lowest BCUT2D eigenvalue weighted by atomic mass is 10.1. The molecule has 0 unspecified atom stereocenters. The van der Waals surface area contributed by atoms with Crippen molar-refractivity contribution in [2.75, 3.05) is 19.0 Å². The van der Waals surface area contributed by atoms with Crippen LogP contribution in [0.5, 0.6) is 0 Å². The summed E-state index contributed by atoms with van der Waals surface area (Å²) in [6.07, 6.45) is 1.58. The fourth-order valence-corrected chi connectivity index (χ4v) is 2.15. The van der Waals surface area contributed by atoms with Crippen LogP contribution in [0.15, 0.2) is 65.2 Å². The van der Waals surface area contributed by atoms with Gasteiger partial charge in [0.05, 0.1) is 6.20 Å². The smallest absolute Gasteiger partial charge is 0.268 e. The van der Waals surface area contributed by atoms with Gasteiger partial charge in [0.15, 0.2) is 5.76 Å². The molecule has 0 aliphatic heterocycles. The first-order chi connectivity index (χ1) is 10.6. The number of aromatic nitrogens is 1.